The Bertz CT molecular complexity index is 461. The molecular weight excluding hydrogens is 368 g/mol. The Morgan fingerprint density at radius 2 is 1.10 bits per heavy atom. The van der Waals surface area contributed by atoms with Gasteiger partial charge in [-0.25, -0.2) is 0 Å². The molecule has 166 valence electrons. The summed E-state index contributed by atoms with van der Waals surface area (Å²) in [5.41, 5.74) is 0. The molecule has 6 nitrogen and oxygen atoms in total. The number of hydrogen-bond acceptors (Lipinski definition) is 4. The molecular formula is C23H40N2O4. The van der Waals surface area contributed by atoms with Gasteiger partial charge in [0.1, 0.15) is 0 Å². The fourth-order valence-corrected chi connectivity index (χ4v) is 3.60. The maximum Gasteiger partial charge on any atom is 0.243 e. The largest absolute Gasteiger partial charge is 0.396 e. The van der Waals surface area contributed by atoms with Gasteiger partial charge in [0.25, 0.3) is 0 Å². The molecule has 6 heteroatoms. The van der Waals surface area contributed by atoms with Crippen molar-refractivity contribution in [3.63, 3.8) is 0 Å². The third kappa shape index (κ3) is 13.2. The monoisotopic (exact) mass is 408 g/mol. The summed E-state index contributed by atoms with van der Waals surface area (Å²) >= 11 is 0. The molecule has 2 atom stereocenters. The van der Waals surface area contributed by atoms with Crippen LogP contribution in [0.5, 0.6) is 0 Å². The predicted octanol–water partition coefficient (Wildman–Crippen LogP) is 3.14. The minimum atomic E-state index is -0.0927. The van der Waals surface area contributed by atoms with Gasteiger partial charge in [-0.15, -0.1) is 0 Å². The summed E-state index contributed by atoms with van der Waals surface area (Å²) in [6.45, 7) is 0.497. The van der Waals surface area contributed by atoms with Crippen molar-refractivity contribution < 1.29 is 19.8 Å². The molecule has 0 spiro atoms. The lowest BCUT2D eigenvalue weighted by Crippen LogP contribution is -2.47. The van der Waals surface area contributed by atoms with Crippen LogP contribution in [0.2, 0.25) is 0 Å². The van der Waals surface area contributed by atoms with Gasteiger partial charge in [0.05, 0.1) is 0 Å². The van der Waals surface area contributed by atoms with E-state index in [2.05, 4.69) is 10.6 Å². The van der Waals surface area contributed by atoms with Crippen molar-refractivity contribution in [1.82, 2.24) is 10.6 Å². The van der Waals surface area contributed by atoms with Crippen LogP contribution < -0.4 is 10.6 Å². The standard InChI is InChI=1S/C23H40N2O4/c26-18-11-7-3-1-5-9-16-22(28)24-20-14-13-15-21(20)25-23(29)17-10-6-2-4-8-12-19-27/h9-10,16-17,20-21,26-27H,1-8,11-15,18-19H2,(H,24,28)(H,25,29)/t20-,21+. The van der Waals surface area contributed by atoms with Crippen molar-refractivity contribution in [2.24, 2.45) is 0 Å². The number of aliphatic hydroxyl groups excluding tert-OH is 2. The van der Waals surface area contributed by atoms with Crippen LogP contribution in [0.25, 0.3) is 0 Å². The first-order valence-corrected chi connectivity index (χ1v) is 11.3. The minimum absolute atomic E-state index is 0.00691. The SMILES string of the molecule is O=C(C=CCCCCCCO)N[C@H]1CCC[C@H]1NC(=O)C=CCCCCCCO. The van der Waals surface area contributed by atoms with Crippen molar-refractivity contribution >= 4 is 11.8 Å². The number of aliphatic hydroxyl groups is 2. The summed E-state index contributed by atoms with van der Waals surface area (Å²) in [4.78, 5) is 24.2. The van der Waals surface area contributed by atoms with E-state index in [-0.39, 0.29) is 37.1 Å². The number of hydrogen-bond donors (Lipinski definition) is 4. The topological polar surface area (TPSA) is 98.7 Å². The molecule has 0 saturated heterocycles. The number of carbonyl (C=O) groups is 2. The molecule has 0 bridgehead atoms. The average molecular weight is 409 g/mol. The number of carbonyl (C=O) groups excluding carboxylic acids is 2. The lowest BCUT2D eigenvalue weighted by atomic mass is 10.1. The van der Waals surface area contributed by atoms with Crippen molar-refractivity contribution in [3.8, 4) is 0 Å². The van der Waals surface area contributed by atoms with E-state index in [4.69, 9.17) is 10.2 Å². The molecule has 0 radical (unpaired) electrons. The molecule has 1 rings (SSSR count). The fraction of sp³-hybridized carbons (Fsp3) is 0.739. The highest BCUT2D eigenvalue weighted by molar-refractivity contribution is 5.89. The van der Waals surface area contributed by atoms with Crippen LogP contribution in [0.3, 0.4) is 0 Å². The van der Waals surface area contributed by atoms with E-state index < -0.39 is 0 Å². The lowest BCUT2D eigenvalue weighted by Gasteiger charge is -2.21. The third-order valence-electron chi connectivity index (χ3n) is 5.27. The van der Waals surface area contributed by atoms with E-state index in [1.54, 1.807) is 12.2 Å². The molecule has 0 unspecified atom stereocenters. The highest BCUT2D eigenvalue weighted by Crippen LogP contribution is 2.19. The summed E-state index contributed by atoms with van der Waals surface area (Å²) < 4.78 is 0. The second-order valence-corrected chi connectivity index (χ2v) is 7.82. The second-order valence-electron chi connectivity index (χ2n) is 7.82. The zero-order chi connectivity index (χ0) is 21.2. The van der Waals surface area contributed by atoms with Crippen LogP contribution in [0.4, 0.5) is 0 Å². The highest BCUT2D eigenvalue weighted by Gasteiger charge is 2.28. The van der Waals surface area contributed by atoms with E-state index >= 15 is 0 Å². The van der Waals surface area contributed by atoms with Crippen LogP contribution in [0, 0.1) is 0 Å². The van der Waals surface area contributed by atoms with Gasteiger partial charge in [0.2, 0.25) is 11.8 Å². The Hall–Kier alpha value is -1.66. The Morgan fingerprint density at radius 1 is 0.690 bits per heavy atom. The Labute approximate surface area is 175 Å². The first-order chi connectivity index (χ1) is 14.2. The molecule has 0 aliphatic heterocycles. The number of nitrogens with one attached hydrogen (secondary N) is 2. The van der Waals surface area contributed by atoms with Crippen molar-refractivity contribution in [2.75, 3.05) is 13.2 Å². The molecule has 0 aromatic rings. The molecule has 29 heavy (non-hydrogen) atoms. The number of unbranched alkanes of at least 4 members (excludes halogenated alkanes) is 8. The van der Waals surface area contributed by atoms with Gasteiger partial charge in [-0.3, -0.25) is 9.59 Å². The fourth-order valence-electron chi connectivity index (χ4n) is 3.60. The van der Waals surface area contributed by atoms with Crippen LogP contribution in [0.1, 0.15) is 83.5 Å². The number of amides is 2. The summed E-state index contributed by atoms with van der Waals surface area (Å²) in [5, 5.41) is 23.5. The molecule has 1 aliphatic carbocycles. The van der Waals surface area contributed by atoms with Gasteiger partial charge in [0.15, 0.2) is 0 Å². The lowest BCUT2D eigenvalue weighted by molar-refractivity contribution is -0.119. The second kappa shape index (κ2) is 17.2. The Morgan fingerprint density at radius 3 is 1.52 bits per heavy atom. The van der Waals surface area contributed by atoms with Crippen molar-refractivity contribution in [3.05, 3.63) is 24.3 Å². The van der Waals surface area contributed by atoms with Gasteiger partial charge in [-0.05, 0) is 69.9 Å². The predicted molar refractivity (Wildman–Crippen MR) is 116 cm³/mol. The molecule has 1 aliphatic rings. The minimum Gasteiger partial charge on any atom is -0.396 e. The molecule has 0 aromatic carbocycles. The van der Waals surface area contributed by atoms with E-state index in [0.29, 0.717) is 0 Å². The molecule has 0 heterocycles. The molecule has 2 amide bonds. The Kier molecular flexibility index (Phi) is 15.1. The van der Waals surface area contributed by atoms with Crippen molar-refractivity contribution in [1.29, 1.82) is 0 Å². The first kappa shape index (κ1) is 25.4. The third-order valence-corrected chi connectivity index (χ3v) is 5.27. The summed E-state index contributed by atoms with van der Waals surface area (Å²) in [5.74, 6) is -0.185. The number of allylic oxidation sites excluding steroid dienone is 2. The van der Waals surface area contributed by atoms with Crippen LogP contribution in [-0.2, 0) is 9.59 Å². The normalized spacial score (nSPS) is 19.2. The summed E-state index contributed by atoms with van der Waals surface area (Å²) in [7, 11) is 0. The zero-order valence-electron chi connectivity index (χ0n) is 17.8. The molecule has 4 N–H and O–H groups in total. The number of rotatable bonds is 16. The van der Waals surface area contributed by atoms with E-state index in [1.807, 2.05) is 12.2 Å². The van der Waals surface area contributed by atoms with Gasteiger partial charge < -0.3 is 20.8 Å². The van der Waals surface area contributed by atoms with E-state index in [9.17, 15) is 9.59 Å². The van der Waals surface area contributed by atoms with Gasteiger partial charge in [-0.1, -0.05) is 37.8 Å². The van der Waals surface area contributed by atoms with Gasteiger partial charge in [0, 0.05) is 25.3 Å². The average Bonchev–Trinajstić information content (AvgIpc) is 3.13. The first-order valence-electron chi connectivity index (χ1n) is 11.3. The highest BCUT2D eigenvalue weighted by atomic mass is 16.3. The van der Waals surface area contributed by atoms with Gasteiger partial charge >= 0.3 is 0 Å². The van der Waals surface area contributed by atoms with E-state index in [1.165, 1.54) is 0 Å². The smallest absolute Gasteiger partial charge is 0.243 e. The van der Waals surface area contributed by atoms with Crippen LogP contribution in [-0.4, -0.2) is 47.3 Å². The Balaban J connectivity index is 2.21. The maximum absolute atomic E-state index is 12.1. The molecule has 0 aromatic heterocycles. The van der Waals surface area contributed by atoms with Crippen molar-refractivity contribution in [2.45, 2.75) is 95.6 Å². The summed E-state index contributed by atoms with van der Waals surface area (Å²) in [6.07, 6.45) is 19.5. The van der Waals surface area contributed by atoms with Crippen LogP contribution in [0.15, 0.2) is 24.3 Å². The maximum atomic E-state index is 12.1. The molecule has 1 saturated carbocycles. The zero-order valence-corrected chi connectivity index (χ0v) is 17.8. The van der Waals surface area contributed by atoms with Gasteiger partial charge in [-0.2, -0.15) is 0 Å². The quantitative estimate of drug-likeness (QED) is 0.233. The summed E-state index contributed by atoms with van der Waals surface area (Å²) in [6, 6.07) is -0.0138. The van der Waals surface area contributed by atoms with E-state index in [0.717, 1.165) is 83.5 Å². The molecule has 1 fully saturated rings. The van der Waals surface area contributed by atoms with Crippen LogP contribution >= 0.6 is 0 Å².